The van der Waals surface area contributed by atoms with E-state index < -0.39 is 10.0 Å². The van der Waals surface area contributed by atoms with Crippen molar-refractivity contribution in [2.75, 3.05) is 11.8 Å². The number of aromatic nitrogens is 2. The van der Waals surface area contributed by atoms with E-state index in [4.69, 9.17) is 4.74 Å². The van der Waals surface area contributed by atoms with Crippen molar-refractivity contribution in [1.82, 2.24) is 9.97 Å². The number of anilines is 1. The van der Waals surface area contributed by atoms with Crippen molar-refractivity contribution in [1.29, 1.82) is 0 Å². The van der Waals surface area contributed by atoms with Crippen LogP contribution >= 0.6 is 15.9 Å². The lowest BCUT2D eigenvalue weighted by Crippen LogP contribution is -2.17. The van der Waals surface area contributed by atoms with Crippen molar-refractivity contribution in [2.24, 2.45) is 0 Å². The van der Waals surface area contributed by atoms with Crippen molar-refractivity contribution in [3.05, 3.63) is 41.3 Å². The van der Waals surface area contributed by atoms with Gasteiger partial charge in [0.15, 0.2) is 0 Å². The summed E-state index contributed by atoms with van der Waals surface area (Å²) in [6, 6.07) is 1.61. The van der Waals surface area contributed by atoms with Crippen LogP contribution in [0.5, 0.6) is 0 Å². The molecule has 8 heteroatoms. The zero-order valence-electron chi connectivity index (χ0n) is 12.8. The van der Waals surface area contributed by atoms with Crippen LogP contribution in [0.2, 0.25) is 0 Å². The van der Waals surface area contributed by atoms with Gasteiger partial charge in [0.05, 0.1) is 12.0 Å². The molecule has 0 radical (unpaired) electrons. The first-order valence-corrected chi connectivity index (χ1v) is 9.11. The molecule has 0 saturated carbocycles. The predicted molar refractivity (Wildman–Crippen MR) is 91.0 cm³/mol. The third kappa shape index (κ3) is 6.15. The molecule has 0 aliphatic rings. The van der Waals surface area contributed by atoms with Crippen LogP contribution in [0.4, 0.5) is 5.95 Å². The van der Waals surface area contributed by atoms with Gasteiger partial charge >= 0.3 is 0 Å². The molecular weight excluding hydrogens is 370 g/mol. The minimum Gasteiger partial charge on any atom is -0.500 e. The fourth-order valence-corrected chi connectivity index (χ4v) is 2.82. The lowest BCUT2D eigenvalue weighted by atomic mass is 10.2. The largest absolute Gasteiger partial charge is 0.500 e. The fraction of sp³-hybridized carbons (Fsp3) is 0.429. The second-order valence-electron chi connectivity index (χ2n) is 4.51. The second kappa shape index (κ2) is 8.89. The molecule has 0 bridgehead atoms. The number of rotatable bonds is 8. The van der Waals surface area contributed by atoms with E-state index in [1.807, 2.05) is 19.1 Å². The van der Waals surface area contributed by atoms with Gasteiger partial charge in [-0.05, 0) is 26.3 Å². The van der Waals surface area contributed by atoms with Gasteiger partial charge in [-0.3, -0.25) is 0 Å². The zero-order chi connectivity index (χ0) is 16.6. The Bertz CT molecular complexity index is 628. The Kier molecular flexibility index (Phi) is 7.53. The van der Waals surface area contributed by atoms with E-state index in [1.165, 1.54) is 26.4 Å². The Morgan fingerprint density at radius 1 is 1.45 bits per heavy atom. The molecule has 122 valence electrons. The molecule has 0 aliphatic carbocycles. The van der Waals surface area contributed by atoms with Crippen molar-refractivity contribution in [3.63, 3.8) is 0 Å². The molecule has 1 atom stereocenters. The number of hydrogen-bond donors (Lipinski definition) is 1. The Labute approximate surface area is 139 Å². The summed E-state index contributed by atoms with van der Waals surface area (Å²) in [7, 11) is -2.27. The number of allylic oxidation sites excluding steroid dienone is 4. The third-order valence-electron chi connectivity index (χ3n) is 2.77. The molecular formula is C14H20BrN3O3S. The van der Waals surface area contributed by atoms with E-state index in [0.29, 0.717) is 18.6 Å². The molecule has 0 amide bonds. The predicted octanol–water partition coefficient (Wildman–Crippen LogP) is 3.22. The van der Waals surface area contributed by atoms with Crippen LogP contribution in [0.3, 0.4) is 0 Å². The summed E-state index contributed by atoms with van der Waals surface area (Å²) < 4.78 is 32.1. The van der Waals surface area contributed by atoms with E-state index in [-0.39, 0.29) is 15.7 Å². The molecule has 0 saturated heterocycles. The van der Waals surface area contributed by atoms with Gasteiger partial charge in [0.1, 0.15) is 5.76 Å². The van der Waals surface area contributed by atoms with Gasteiger partial charge in [-0.1, -0.05) is 28.1 Å². The normalized spacial score (nSPS) is 14.5. The standard InChI is InChI=1S/C14H20BrN3O3S/c1-11(15)7-4-5-8-13(21-3)12(2)22(19,20)18-14-16-9-6-10-17-14/h4,6-7,9-11H,5,8H2,1-3H3,(H,16,17,18). The molecule has 0 fully saturated rings. The molecule has 1 aromatic heterocycles. The summed E-state index contributed by atoms with van der Waals surface area (Å²) in [5.74, 6) is 0.445. The van der Waals surface area contributed by atoms with Crippen LogP contribution < -0.4 is 4.72 Å². The summed E-state index contributed by atoms with van der Waals surface area (Å²) in [5.41, 5.74) is 0. The summed E-state index contributed by atoms with van der Waals surface area (Å²) in [4.78, 5) is 8.10. The maximum absolute atomic E-state index is 12.3. The molecule has 22 heavy (non-hydrogen) atoms. The Morgan fingerprint density at radius 2 is 2.09 bits per heavy atom. The number of ether oxygens (including phenoxy) is 1. The van der Waals surface area contributed by atoms with Gasteiger partial charge in [-0.15, -0.1) is 0 Å². The number of nitrogens with one attached hydrogen (secondary N) is 1. The monoisotopic (exact) mass is 389 g/mol. The molecule has 1 N–H and O–H groups in total. The van der Waals surface area contributed by atoms with E-state index in [1.54, 1.807) is 6.07 Å². The van der Waals surface area contributed by atoms with Gasteiger partial charge in [0, 0.05) is 23.6 Å². The van der Waals surface area contributed by atoms with Crippen LogP contribution in [0, 0.1) is 0 Å². The molecule has 1 unspecified atom stereocenters. The van der Waals surface area contributed by atoms with Gasteiger partial charge in [0.25, 0.3) is 10.0 Å². The number of alkyl halides is 1. The SMILES string of the molecule is COC(CCC=CC(C)Br)=C(C)S(=O)(=O)Nc1ncccn1. The highest BCUT2D eigenvalue weighted by Gasteiger charge is 2.19. The highest BCUT2D eigenvalue weighted by Crippen LogP contribution is 2.19. The third-order valence-corrected chi connectivity index (χ3v) is 4.56. The molecule has 1 rings (SSSR count). The van der Waals surface area contributed by atoms with Crippen molar-refractivity contribution >= 4 is 31.9 Å². The van der Waals surface area contributed by atoms with Crippen molar-refractivity contribution in [2.45, 2.75) is 31.5 Å². The fourth-order valence-electron chi connectivity index (χ4n) is 1.62. The number of sulfonamides is 1. The van der Waals surface area contributed by atoms with E-state index in [0.717, 1.165) is 0 Å². The first-order chi connectivity index (χ1) is 10.4. The van der Waals surface area contributed by atoms with Crippen LogP contribution in [0.1, 0.15) is 26.7 Å². The Morgan fingerprint density at radius 3 is 2.64 bits per heavy atom. The summed E-state index contributed by atoms with van der Waals surface area (Å²) in [5, 5.41) is 0. The average molecular weight is 390 g/mol. The Hall–Kier alpha value is -1.41. The van der Waals surface area contributed by atoms with Crippen LogP contribution in [0.15, 0.2) is 41.3 Å². The highest BCUT2D eigenvalue weighted by molar-refractivity contribution is 9.09. The van der Waals surface area contributed by atoms with Crippen LogP contribution in [0.25, 0.3) is 0 Å². The number of halogens is 1. The van der Waals surface area contributed by atoms with Crippen LogP contribution in [-0.4, -0.2) is 30.3 Å². The highest BCUT2D eigenvalue weighted by atomic mass is 79.9. The molecule has 1 heterocycles. The number of nitrogens with zero attached hydrogens (tertiary/aromatic N) is 2. The van der Waals surface area contributed by atoms with Crippen LogP contribution in [-0.2, 0) is 14.8 Å². The topological polar surface area (TPSA) is 81.2 Å². The molecule has 1 aromatic rings. The van der Waals surface area contributed by atoms with Crippen molar-refractivity contribution < 1.29 is 13.2 Å². The molecule has 0 spiro atoms. The molecule has 6 nitrogen and oxygen atoms in total. The van der Waals surface area contributed by atoms with Gasteiger partial charge < -0.3 is 4.74 Å². The first-order valence-electron chi connectivity index (χ1n) is 6.71. The summed E-state index contributed by atoms with van der Waals surface area (Å²) >= 11 is 3.41. The van der Waals surface area contributed by atoms with Gasteiger partial charge in [0.2, 0.25) is 5.95 Å². The number of methoxy groups -OCH3 is 1. The van der Waals surface area contributed by atoms with Crippen molar-refractivity contribution in [3.8, 4) is 0 Å². The average Bonchev–Trinajstić information content (AvgIpc) is 2.47. The summed E-state index contributed by atoms with van der Waals surface area (Å²) in [6.07, 6.45) is 8.09. The summed E-state index contributed by atoms with van der Waals surface area (Å²) in [6.45, 7) is 3.50. The van der Waals surface area contributed by atoms with E-state index >= 15 is 0 Å². The lowest BCUT2D eigenvalue weighted by Gasteiger charge is -2.11. The minimum atomic E-state index is -3.73. The van der Waals surface area contributed by atoms with E-state index in [2.05, 4.69) is 30.6 Å². The molecule has 0 aromatic carbocycles. The quantitative estimate of drug-likeness (QED) is 0.419. The maximum Gasteiger partial charge on any atom is 0.263 e. The second-order valence-corrected chi connectivity index (χ2v) is 7.77. The Balaban J connectivity index is 2.84. The number of hydrogen-bond acceptors (Lipinski definition) is 5. The maximum atomic E-state index is 12.3. The molecule has 0 aliphatic heterocycles. The van der Waals surface area contributed by atoms with E-state index in [9.17, 15) is 8.42 Å². The zero-order valence-corrected chi connectivity index (χ0v) is 15.2. The minimum absolute atomic E-state index is 0.0327. The smallest absolute Gasteiger partial charge is 0.263 e. The lowest BCUT2D eigenvalue weighted by molar-refractivity contribution is 0.275. The van der Waals surface area contributed by atoms with Gasteiger partial charge in [-0.2, -0.15) is 0 Å². The van der Waals surface area contributed by atoms with Gasteiger partial charge in [-0.25, -0.2) is 23.1 Å². The first kappa shape index (κ1) is 18.6.